The molecule has 0 fully saturated rings. The maximum atomic E-state index is 9.00. The SMILES string of the molecule is CC(C)CCSc1[nH+]c(N)c(C#N)cc1C#N. The lowest BCUT2D eigenvalue weighted by molar-refractivity contribution is -0.410. The first-order chi connectivity index (χ1) is 8.08. The number of hydrogen-bond donors (Lipinski definition) is 1. The van der Waals surface area contributed by atoms with Gasteiger partial charge in [-0.15, -0.1) is 0 Å². The first-order valence-corrected chi connectivity index (χ1v) is 6.35. The van der Waals surface area contributed by atoms with Gasteiger partial charge in [-0.2, -0.15) is 10.5 Å². The summed E-state index contributed by atoms with van der Waals surface area (Å²) in [6.07, 6.45) is 1.07. The first kappa shape index (κ1) is 13.3. The second-order valence-corrected chi connectivity index (χ2v) is 5.20. The van der Waals surface area contributed by atoms with Crippen molar-refractivity contribution >= 4 is 17.6 Å². The summed E-state index contributed by atoms with van der Waals surface area (Å²) >= 11 is 1.57. The normalized spacial score (nSPS) is 9.94. The van der Waals surface area contributed by atoms with Gasteiger partial charge in [0.15, 0.2) is 5.03 Å². The third-order valence-electron chi connectivity index (χ3n) is 2.25. The number of anilines is 1. The van der Waals surface area contributed by atoms with Crippen molar-refractivity contribution in [3.05, 3.63) is 17.2 Å². The summed E-state index contributed by atoms with van der Waals surface area (Å²) in [6.45, 7) is 4.31. The van der Waals surface area contributed by atoms with Crippen molar-refractivity contribution in [2.24, 2.45) is 5.92 Å². The maximum absolute atomic E-state index is 9.00. The number of nitriles is 2. The molecule has 3 N–H and O–H groups in total. The van der Waals surface area contributed by atoms with Gasteiger partial charge in [-0.25, -0.2) is 4.98 Å². The molecule has 88 valence electrons. The van der Waals surface area contributed by atoms with Crippen molar-refractivity contribution in [2.45, 2.75) is 25.3 Å². The number of H-pyrrole nitrogens is 1. The van der Waals surface area contributed by atoms with Crippen LogP contribution in [-0.4, -0.2) is 5.75 Å². The molecule has 0 atom stereocenters. The van der Waals surface area contributed by atoms with Gasteiger partial charge in [-0.3, -0.25) is 5.73 Å². The molecule has 0 saturated carbocycles. The molecule has 0 radical (unpaired) electrons. The Labute approximate surface area is 105 Å². The molecule has 4 nitrogen and oxygen atoms in total. The highest BCUT2D eigenvalue weighted by molar-refractivity contribution is 7.99. The Bertz CT molecular complexity index is 483. The highest BCUT2D eigenvalue weighted by atomic mass is 32.2. The van der Waals surface area contributed by atoms with E-state index >= 15 is 0 Å². The summed E-state index contributed by atoms with van der Waals surface area (Å²) < 4.78 is 0. The van der Waals surface area contributed by atoms with Gasteiger partial charge in [0.05, 0.1) is 0 Å². The Balaban J connectivity index is 2.89. The van der Waals surface area contributed by atoms with Crippen molar-refractivity contribution in [2.75, 3.05) is 11.5 Å². The Hall–Kier alpha value is -1.72. The molecular formula is C12H15N4S+. The number of nitrogen functional groups attached to an aromatic ring is 1. The summed E-state index contributed by atoms with van der Waals surface area (Å²) in [5.74, 6) is 1.87. The van der Waals surface area contributed by atoms with Crippen molar-refractivity contribution < 1.29 is 4.98 Å². The van der Waals surface area contributed by atoms with Crippen molar-refractivity contribution in [1.29, 1.82) is 10.5 Å². The first-order valence-electron chi connectivity index (χ1n) is 5.37. The molecule has 0 bridgehead atoms. The Kier molecular flexibility index (Phi) is 4.81. The third kappa shape index (κ3) is 3.65. The largest absolute Gasteiger partial charge is 0.289 e. The zero-order chi connectivity index (χ0) is 12.8. The fraction of sp³-hybridized carbons (Fsp3) is 0.417. The van der Waals surface area contributed by atoms with E-state index < -0.39 is 0 Å². The van der Waals surface area contributed by atoms with Gasteiger partial charge in [0.2, 0.25) is 0 Å². The molecule has 0 unspecified atom stereocenters. The van der Waals surface area contributed by atoms with Crippen LogP contribution in [0.4, 0.5) is 5.82 Å². The van der Waals surface area contributed by atoms with Crippen LogP contribution in [0.5, 0.6) is 0 Å². The van der Waals surface area contributed by atoms with Crippen LogP contribution in [0.15, 0.2) is 11.1 Å². The molecule has 0 aliphatic rings. The topological polar surface area (TPSA) is 87.7 Å². The minimum atomic E-state index is 0.315. The second-order valence-electron chi connectivity index (χ2n) is 4.09. The number of rotatable bonds is 4. The summed E-state index contributed by atoms with van der Waals surface area (Å²) in [5.41, 5.74) is 6.48. The number of nitrogens with one attached hydrogen (secondary N) is 1. The summed E-state index contributed by atoms with van der Waals surface area (Å²) in [4.78, 5) is 2.92. The molecule has 1 rings (SSSR count). The predicted octanol–water partition coefficient (Wildman–Crippen LogP) is 1.96. The van der Waals surface area contributed by atoms with Gasteiger partial charge in [-0.1, -0.05) is 25.6 Å². The lowest BCUT2D eigenvalue weighted by atomic mass is 10.2. The number of aromatic nitrogens is 1. The molecule has 5 heteroatoms. The van der Waals surface area contributed by atoms with E-state index in [0.717, 1.165) is 17.2 Å². The van der Waals surface area contributed by atoms with Crippen molar-refractivity contribution in [1.82, 2.24) is 0 Å². The molecule has 0 amide bonds. The van der Waals surface area contributed by atoms with Gasteiger partial charge in [-0.05, 0) is 18.4 Å². The molecule has 0 saturated heterocycles. The molecule has 0 aliphatic heterocycles. The van der Waals surface area contributed by atoms with Crippen LogP contribution in [0.1, 0.15) is 31.4 Å². The van der Waals surface area contributed by atoms with Gasteiger partial charge in [0.1, 0.15) is 23.3 Å². The molecule has 0 aromatic carbocycles. The smallest absolute Gasteiger partial charge is 0.286 e. The predicted molar refractivity (Wildman–Crippen MR) is 67.0 cm³/mol. The average Bonchev–Trinajstić information content (AvgIpc) is 2.29. The molecular weight excluding hydrogens is 232 g/mol. The molecule has 0 aliphatic carbocycles. The van der Waals surface area contributed by atoms with Crippen molar-refractivity contribution in [3.8, 4) is 12.1 Å². The minimum absolute atomic E-state index is 0.315. The van der Waals surface area contributed by atoms with Crippen LogP contribution in [-0.2, 0) is 0 Å². The zero-order valence-corrected chi connectivity index (χ0v) is 10.8. The molecule has 0 spiro atoms. The second kappa shape index (κ2) is 6.12. The fourth-order valence-corrected chi connectivity index (χ4v) is 2.47. The number of hydrogen-bond acceptors (Lipinski definition) is 4. The monoisotopic (exact) mass is 247 g/mol. The van der Waals surface area contributed by atoms with Crippen LogP contribution < -0.4 is 10.7 Å². The van der Waals surface area contributed by atoms with E-state index in [1.807, 2.05) is 6.07 Å². The van der Waals surface area contributed by atoms with E-state index in [1.165, 1.54) is 6.07 Å². The van der Waals surface area contributed by atoms with Crippen LogP contribution in [0, 0.1) is 28.6 Å². The molecule has 1 aromatic rings. The fourth-order valence-electron chi connectivity index (χ4n) is 1.23. The van der Waals surface area contributed by atoms with E-state index in [4.69, 9.17) is 16.3 Å². The number of aromatic amines is 1. The summed E-state index contributed by atoms with van der Waals surface area (Å²) in [6, 6.07) is 5.56. The van der Waals surface area contributed by atoms with E-state index in [1.54, 1.807) is 11.8 Å². The van der Waals surface area contributed by atoms with Crippen LogP contribution in [0.3, 0.4) is 0 Å². The van der Waals surface area contributed by atoms with E-state index in [9.17, 15) is 0 Å². The van der Waals surface area contributed by atoms with E-state index in [-0.39, 0.29) is 0 Å². The quantitative estimate of drug-likeness (QED) is 0.824. The standard InChI is InChI=1S/C12H14N4S/c1-8(2)3-4-17-12-10(7-14)5-9(6-13)11(15)16-12/h5,8H,3-4H2,1-2H3,(H2,15,16)/p+1. The van der Waals surface area contributed by atoms with Crippen LogP contribution in [0.25, 0.3) is 0 Å². The minimum Gasteiger partial charge on any atom is -0.286 e. The molecule has 17 heavy (non-hydrogen) atoms. The highest BCUT2D eigenvalue weighted by Gasteiger charge is 2.14. The van der Waals surface area contributed by atoms with Gasteiger partial charge < -0.3 is 0 Å². The summed E-state index contributed by atoms with van der Waals surface area (Å²) in [7, 11) is 0. The number of thioether (sulfide) groups is 1. The number of nitrogens with two attached hydrogens (primary N) is 1. The van der Waals surface area contributed by atoms with Gasteiger partial charge >= 0.3 is 0 Å². The average molecular weight is 247 g/mol. The lowest BCUT2D eigenvalue weighted by Gasteiger charge is -2.04. The Morgan fingerprint density at radius 3 is 2.53 bits per heavy atom. The van der Waals surface area contributed by atoms with Crippen LogP contribution in [0.2, 0.25) is 0 Å². The Morgan fingerprint density at radius 2 is 2.00 bits per heavy atom. The van der Waals surface area contributed by atoms with E-state index in [0.29, 0.717) is 22.9 Å². The maximum Gasteiger partial charge on any atom is 0.289 e. The molecule has 1 heterocycles. The molecule has 1 aromatic heterocycles. The van der Waals surface area contributed by atoms with Gasteiger partial charge in [0, 0.05) is 5.75 Å². The Morgan fingerprint density at radius 1 is 1.35 bits per heavy atom. The van der Waals surface area contributed by atoms with E-state index in [2.05, 4.69) is 24.9 Å². The van der Waals surface area contributed by atoms with Crippen molar-refractivity contribution in [3.63, 3.8) is 0 Å². The number of pyridine rings is 1. The summed E-state index contributed by atoms with van der Waals surface area (Å²) in [5, 5.41) is 18.6. The third-order valence-corrected chi connectivity index (χ3v) is 3.30. The van der Waals surface area contributed by atoms with Crippen LogP contribution >= 0.6 is 11.8 Å². The zero-order valence-electron chi connectivity index (χ0n) is 9.95. The number of nitrogens with zero attached hydrogens (tertiary/aromatic N) is 2. The highest BCUT2D eigenvalue weighted by Crippen LogP contribution is 2.22. The lowest BCUT2D eigenvalue weighted by Crippen LogP contribution is -2.17. The van der Waals surface area contributed by atoms with Gasteiger partial charge in [0.25, 0.3) is 5.82 Å².